The monoisotopic (exact) mass is 266 g/mol. The highest BCUT2D eigenvalue weighted by molar-refractivity contribution is 9.10. The summed E-state index contributed by atoms with van der Waals surface area (Å²) in [7, 11) is 0. The molecular weight excluding hydrogens is 256 g/mol. The second-order valence-corrected chi connectivity index (χ2v) is 4.21. The number of phenolic OH excluding ortho intramolecular Hbond substituents is 2. The van der Waals surface area contributed by atoms with Crippen molar-refractivity contribution in [1.29, 1.82) is 0 Å². The molecule has 2 nitrogen and oxygen atoms in total. The van der Waals surface area contributed by atoms with Crippen molar-refractivity contribution in [2.75, 3.05) is 0 Å². The van der Waals surface area contributed by atoms with Gasteiger partial charge in [0.25, 0.3) is 0 Å². The lowest BCUT2D eigenvalue weighted by atomic mass is 10.0. The molecule has 0 fully saturated rings. The minimum absolute atomic E-state index is 0.0594. The van der Waals surface area contributed by atoms with Crippen LogP contribution in [0.3, 0.4) is 0 Å². The summed E-state index contributed by atoms with van der Waals surface area (Å²) in [5, 5.41) is 20.6. The van der Waals surface area contributed by atoms with Crippen molar-refractivity contribution < 1.29 is 10.2 Å². The Morgan fingerprint density at radius 1 is 1.07 bits per heavy atom. The molecule has 0 atom stereocenters. The van der Waals surface area contributed by atoms with Crippen LogP contribution in [0.2, 0.25) is 0 Å². The van der Waals surface area contributed by atoms with Gasteiger partial charge in [-0.25, -0.2) is 0 Å². The van der Waals surface area contributed by atoms with Gasteiger partial charge in [-0.2, -0.15) is 0 Å². The van der Waals surface area contributed by atoms with E-state index >= 15 is 0 Å². The number of phenols is 2. The lowest BCUT2D eigenvalue weighted by Gasteiger charge is -2.08. The molecular formula is C12H11BrO2. The molecule has 0 unspecified atom stereocenters. The van der Waals surface area contributed by atoms with Crippen molar-refractivity contribution >= 4 is 26.7 Å². The van der Waals surface area contributed by atoms with Crippen LogP contribution >= 0.6 is 15.9 Å². The lowest BCUT2D eigenvalue weighted by molar-refractivity contribution is 0.408. The van der Waals surface area contributed by atoms with Crippen LogP contribution in [-0.4, -0.2) is 10.2 Å². The van der Waals surface area contributed by atoms with E-state index in [-0.39, 0.29) is 11.5 Å². The van der Waals surface area contributed by atoms with Crippen LogP contribution in [0.1, 0.15) is 12.5 Å². The standard InChI is InChI=1S/C12H11BrO2/c1-2-7-3-4-9-8(11(7)13)5-6-10(14)12(9)15/h3-6,14-15H,2H2,1H3. The molecule has 78 valence electrons. The van der Waals surface area contributed by atoms with Crippen LogP contribution in [0.5, 0.6) is 11.5 Å². The molecule has 0 aliphatic carbocycles. The molecule has 0 spiro atoms. The molecule has 0 saturated heterocycles. The molecule has 0 aliphatic heterocycles. The number of benzene rings is 2. The Morgan fingerprint density at radius 2 is 1.73 bits per heavy atom. The van der Waals surface area contributed by atoms with E-state index in [1.54, 1.807) is 6.07 Å². The first-order valence-corrected chi connectivity index (χ1v) is 5.56. The summed E-state index contributed by atoms with van der Waals surface area (Å²) in [6.07, 6.45) is 0.929. The molecule has 2 rings (SSSR count). The number of hydrogen-bond donors (Lipinski definition) is 2. The van der Waals surface area contributed by atoms with Gasteiger partial charge in [-0.15, -0.1) is 0 Å². The Hall–Kier alpha value is -1.22. The Kier molecular flexibility index (Phi) is 2.57. The van der Waals surface area contributed by atoms with Crippen molar-refractivity contribution in [3.63, 3.8) is 0 Å². The van der Waals surface area contributed by atoms with E-state index in [0.717, 1.165) is 16.3 Å². The predicted molar refractivity (Wildman–Crippen MR) is 64.4 cm³/mol. The number of aryl methyl sites for hydroxylation is 1. The average Bonchev–Trinajstić information content (AvgIpc) is 2.24. The summed E-state index contributed by atoms with van der Waals surface area (Å²) in [6, 6.07) is 7.08. The molecule has 0 aromatic heterocycles. The van der Waals surface area contributed by atoms with E-state index in [4.69, 9.17) is 0 Å². The van der Waals surface area contributed by atoms with Crippen molar-refractivity contribution in [2.24, 2.45) is 0 Å². The van der Waals surface area contributed by atoms with Gasteiger partial charge in [-0.3, -0.25) is 0 Å². The molecule has 0 heterocycles. The number of fused-ring (bicyclic) bond motifs is 1. The molecule has 2 N–H and O–H groups in total. The smallest absolute Gasteiger partial charge is 0.165 e. The fraction of sp³-hybridized carbons (Fsp3) is 0.167. The molecule has 2 aromatic carbocycles. The van der Waals surface area contributed by atoms with Crippen molar-refractivity contribution in [2.45, 2.75) is 13.3 Å². The highest BCUT2D eigenvalue weighted by atomic mass is 79.9. The second kappa shape index (κ2) is 3.74. The number of hydrogen-bond acceptors (Lipinski definition) is 2. The molecule has 3 heteroatoms. The number of rotatable bonds is 1. The summed E-state index contributed by atoms with van der Waals surface area (Å²) in [5.41, 5.74) is 1.19. The molecule has 0 saturated carbocycles. The van der Waals surface area contributed by atoms with Gasteiger partial charge in [0.05, 0.1) is 0 Å². The maximum Gasteiger partial charge on any atom is 0.165 e. The van der Waals surface area contributed by atoms with E-state index in [9.17, 15) is 10.2 Å². The Bertz CT molecular complexity index is 521. The Balaban J connectivity index is 2.85. The first-order chi connectivity index (χ1) is 7.15. The second-order valence-electron chi connectivity index (χ2n) is 3.42. The van der Waals surface area contributed by atoms with Gasteiger partial charge in [-0.1, -0.05) is 19.1 Å². The average molecular weight is 267 g/mol. The van der Waals surface area contributed by atoms with E-state index < -0.39 is 0 Å². The zero-order chi connectivity index (χ0) is 11.0. The van der Waals surface area contributed by atoms with Crippen molar-refractivity contribution in [1.82, 2.24) is 0 Å². The zero-order valence-electron chi connectivity index (χ0n) is 8.29. The van der Waals surface area contributed by atoms with Crippen LogP contribution < -0.4 is 0 Å². The number of aromatic hydroxyl groups is 2. The van der Waals surface area contributed by atoms with Gasteiger partial charge in [-0.05, 0) is 40.0 Å². The topological polar surface area (TPSA) is 40.5 Å². The number of halogens is 1. The van der Waals surface area contributed by atoms with Crippen LogP contribution in [-0.2, 0) is 6.42 Å². The maximum absolute atomic E-state index is 9.68. The third kappa shape index (κ3) is 1.57. The van der Waals surface area contributed by atoms with E-state index in [0.29, 0.717) is 5.39 Å². The van der Waals surface area contributed by atoms with Crippen LogP contribution in [0, 0.1) is 0 Å². The van der Waals surface area contributed by atoms with E-state index in [1.807, 2.05) is 12.1 Å². The summed E-state index contributed by atoms with van der Waals surface area (Å²) in [4.78, 5) is 0. The van der Waals surface area contributed by atoms with E-state index in [2.05, 4.69) is 22.9 Å². The van der Waals surface area contributed by atoms with Crippen LogP contribution in [0.25, 0.3) is 10.8 Å². The lowest BCUT2D eigenvalue weighted by Crippen LogP contribution is -1.85. The third-order valence-corrected chi connectivity index (χ3v) is 3.48. The van der Waals surface area contributed by atoms with Gasteiger partial charge < -0.3 is 10.2 Å². The molecule has 0 radical (unpaired) electrons. The van der Waals surface area contributed by atoms with Crippen LogP contribution in [0.15, 0.2) is 28.7 Å². The predicted octanol–water partition coefficient (Wildman–Crippen LogP) is 3.58. The molecule has 0 amide bonds. The van der Waals surface area contributed by atoms with Crippen LogP contribution in [0.4, 0.5) is 0 Å². The first kappa shape index (κ1) is 10.3. The molecule has 15 heavy (non-hydrogen) atoms. The fourth-order valence-electron chi connectivity index (χ4n) is 1.66. The summed E-state index contributed by atoms with van der Waals surface area (Å²) in [6.45, 7) is 2.08. The normalized spacial score (nSPS) is 10.8. The fourth-order valence-corrected chi connectivity index (χ4v) is 2.42. The van der Waals surface area contributed by atoms with Crippen molar-refractivity contribution in [3.8, 4) is 11.5 Å². The molecule has 0 bridgehead atoms. The third-order valence-electron chi connectivity index (χ3n) is 2.55. The summed E-state index contributed by atoms with van der Waals surface area (Å²) < 4.78 is 0.984. The first-order valence-electron chi connectivity index (χ1n) is 4.77. The summed E-state index contributed by atoms with van der Waals surface area (Å²) >= 11 is 3.51. The minimum Gasteiger partial charge on any atom is -0.504 e. The highest BCUT2D eigenvalue weighted by Gasteiger charge is 2.09. The SMILES string of the molecule is CCc1ccc2c(O)c(O)ccc2c1Br. The van der Waals surface area contributed by atoms with Gasteiger partial charge in [0.2, 0.25) is 0 Å². The summed E-state index contributed by atoms with van der Waals surface area (Å²) in [5.74, 6) is -0.144. The van der Waals surface area contributed by atoms with Gasteiger partial charge in [0, 0.05) is 15.2 Å². The Labute approximate surface area is 96.3 Å². The van der Waals surface area contributed by atoms with Gasteiger partial charge in [0.15, 0.2) is 11.5 Å². The molecule has 2 aromatic rings. The van der Waals surface area contributed by atoms with E-state index in [1.165, 1.54) is 11.6 Å². The quantitative estimate of drug-likeness (QED) is 0.775. The zero-order valence-corrected chi connectivity index (χ0v) is 9.87. The van der Waals surface area contributed by atoms with Gasteiger partial charge >= 0.3 is 0 Å². The van der Waals surface area contributed by atoms with Gasteiger partial charge in [0.1, 0.15) is 0 Å². The Morgan fingerprint density at radius 3 is 2.40 bits per heavy atom. The largest absolute Gasteiger partial charge is 0.504 e. The molecule has 0 aliphatic rings. The maximum atomic E-state index is 9.68. The minimum atomic E-state index is -0.0846. The highest BCUT2D eigenvalue weighted by Crippen LogP contribution is 2.37. The van der Waals surface area contributed by atoms with Crippen molar-refractivity contribution in [3.05, 3.63) is 34.3 Å².